The number of fused-ring (bicyclic) bond motifs is 1. The van der Waals surface area contributed by atoms with Crippen LogP contribution in [0.4, 0.5) is 5.82 Å². The van der Waals surface area contributed by atoms with Crippen molar-refractivity contribution in [2.24, 2.45) is 7.05 Å². The van der Waals surface area contributed by atoms with Gasteiger partial charge >= 0.3 is 0 Å². The zero-order valence-electron chi connectivity index (χ0n) is 14.1. The Morgan fingerprint density at radius 3 is 2.62 bits per heavy atom. The topological polar surface area (TPSA) is 120 Å². The summed E-state index contributed by atoms with van der Waals surface area (Å²) in [5.74, 6) is 0.0840. The lowest BCUT2D eigenvalue weighted by Gasteiger charge is -2.07. The van der Waals surface area contributed by atoms with Crippen LogP contribution < -0.4 is 11.3 Å². The summed E-state index contributed by atoms with van der Waals surface area (Å²) in [6, 6.07) is 12.8. The molecule has 0 unspecified atom stereocenters. The molecule has 1 aromatic carbocycles. The van der Waals surface area contributed by atoms with Gasteiger partial charge in [0.25, 0.3) is 5.56 Å². The first-order valence-corrected chi connectivity index (χ1v) is 7.79. The van der Waals surface area contributed by atoms with Gasteiger partial charge in [-0.15, -0.1) is 10.2 Å². The molecule has 0 fully saturated rings. The molecule has 9 nitrogen and oxygen atoms in total. The van der Waals surface area contributed by atoms with Crippen molar-refractivity contribution >= 4 is 11.5 Å². The Morgan fingerprint density at radius 1 is 1.19 bits per heavy atom. The highest BCUT2D eigenvalue weighted by molar-refractivity contribution is 5.67. The van der Waals surface area contributed by atoms with E-state index < -0.39 is 0 Å². The van der Waals surface area contributed by atoms with Crippen LogP contribution in [-0.4, -0.2) is 29.2 Å². The van der Waals surface area contributed by atoms with Crippen LogP contribution in [0.5, 0.6) is 0 Å². The molecule has 2 N–H and O–H groups in total. The van der Waals surface area contributed by atoms with Crippen molar-refractivity contribution in [1.82, 2.24) is 29.2 Å². The van der Waals surface area contributed by atoms with E-state index in [0.717, 1.165) is 11.4 Å². The fourth-order valence-electron chi connectivity index (χ4n) is 2.94. The van der Waals surface area contributed by atoms with E-state index in [9.17, 15) is 4.79 Å². The van der Waals surface area contributed by atoms with Gasteiger partial charge in [-0.05, 0) is 19.1 Å². The molecule has 3 heterocycles. The molecule has 26 heavy (non-hydrogen) atoms. The number of hydrogen-bond acceptors (Lipinski definition) is 6. The number of aromatic nitrogens is 6. The predicted molar refractivity (Wildman–Crippen MR) is 94.7 cm³/mol. The molecule has 9 heteroatoms. The van der Waals surface area contributed by atoms with E-state index in [2.05, 4.69) is 15.3 Å². The molecule has 0 radical (unpaired) electrons. The maximum absolute atomic E-state index is 13.1. The minimum Gasteiger partial charge on any atom is -0.381 e. The van der Waals surface area contributed by atoms with Crippen LogP contribution in [0.3, 0.4) is 0 Å². The van der Waals surface area contributed by atoms with Crippen LogP contribution in [0, 0.1) is 18.3 Å². The van der Waals surface area contributed by atoms with E-state index in [1.54, 1.807) is 15.4 Å². The van der Waals surface area contributed by atoms with Crippen molar-refractivity contribution in [3.05, 3.63) is 58.1 Å². The van der Waals surface area contributed by atoms with Crippen molar-refractivity contribution in [2.75, 3.05) is 5.73 Å². The highest BCUT2D eigenvalue weighted by Gasteiger charge is 2.21. The van der Waals surface area contributed by atoms with E-state index in [-0.39, 0.29) is 17.1 Å². The maximum atomic E-state index is 13.1. The first-order valence-electron chi connectivity index (χ1n) is 7.79. The SMILES string of the molecule is Cc1c(-c2cc3nnc(C#N)c(N)n3n2)c(=O)n(-c2ccccc2)n1C. The van der Waals surface area contributed by atoms with Gasteiger partial charge < -0.3 is 5.73 Å². The van der Waals surface area contributed by atoms with Gasteiger partial charge in [0.1, 0.15) is 11.8 Å². The van der Waals surface area contributed by atoms with Gasteiger partial charge in [0.2, 0.25) is 5.69 Å². The van der Waals surface area contributed by atoms with E-state index >= 15 is 0 Å². The molecule has 0 atom stereocenters. The summed E-state index contributed by atoms with van der Waals surface area (Å²) in [5.41, 5.74) is 8.43. The number of nitrogen functional groups attached to an aromatic ring is 1. The normalized spacial score (nSPS) is 11.0. The summed E-state index contributed by atoms with van der Waals surface area (Å²) in [6.07, 6.45) is 0. The third-order valence-corrected chi connectivity index (χ3v) is 4.33. The molecule has 0 aliphatic carbocycles. The van der Waals surface area contributed by atoms with Crippen LogP contribution in [0.25, 0.3) is 22.6 Å². The molecule has 0 saturated heterocycles. The molecule has 0 spiro atoms. The Balaban J connectivity index is 1.98. The summed E-state index contributed by atoms with van der Waals surface area (Å²) >= 11 is 0. The minimum absolute atomic E-state index is 0.0152. The molecular weight excluding hydrogens is 332 g/mol. The Kier molecular flexibility index (Phi) is 3.33. The molecule has 3 aromatic heterocycles. The minimum atomic E-state index is -0.202. The number of nitrogens with two attached hydrogens (primary N) is 1. The highest BCUT2D eigenvalue weighted by atomic mass is 16.1. The van der Waals surface area contributed by atoms with Crippen molar-refractivity contribution in [2.45, 2.75) is 6.92 Å². The quantitative estimate of drug-likeness (QED) is 0.579. The van der Waals surface area contributed by atoms with Crippen LogP contribution in [-0.2, 0) is 7.05 Å². The number of para-hydroxylation sites is 1. The van der Waals surface area contributed by atoms with Gasteiger partial charge in [0.05, 0.1) is 11.3 Å². The molecule has 0 amide bonds. The van der Waals surface area contributed by atoms with E-state index in [0.29, 0.717) is 16.9 Å². The lowest BCUT2D eigenvalue weighted by molar-refractivity contribution is 0.630. The fraction of sp³-hybridized carbons (Fsp3) is 0.118. The standard InChI is InChI=1S/C17H14N8O/c1-10-15(17(26)25(23(10)2)11-6-4-3-5-7-11)12-8-14-21-20-13(9-18)16(19)24(14)22-12/h3-8H,19H2,1-2H3. The number of anilines is 1. The second-order valence-corrected chi connectivity index (χ2v) is 5.78. The van der Waals surface area contributed by atoms with Crippen LogP contribution in [0.15, 0.2) is 41.2 Å². The number of hydrogen-bond donors (Lipinski definition) is 1. The van der Waals surface area contributed by atoms with Gasteiger partial charge in [-0.1, -0.05) is 18.2 Å². The zero-order chi connectivity index (χ0) is 18.4. The van der Waals surface area contributed by atoms with Gasteiger partial charge in [0, 0.05) is 18.8 Å². The molecule has 128 valence electrons. The molecule has 0 aliphatic rings. The van der Waals surface area contributed by atoms with Crippen molar-refractivity contribution in [3.63, 3.8) is 0 Å². The average Bonchev–Trinajstić information content (AvgIpc) is 3.16. The average molecular weight is 346 g/mol. The van der Waals surface area contributed by atoms with Gasteiger partial charge in [-0.2, -0.15) is 14.9 Å². The smallest absolute Gasteiger partial charge is 0.281 e. The van der Waals surface area contributed by atoms with E-state index in [1.807, 2.05) is 50.4 Å². The summed E-state index contributed by atoms with van der Waals surface area (Å²) < 4.78 is 4.66. The van der Waals surface area contributed by atoms with E-state index in [1.165, 1.54) is 4.52 Å². The first kappa shape index (κ1) is 15.6. The monoisotopic (exact) mass is 346 g/mol. The second kappa shape index (κ2) is 5.56. The number of nitriles is 1. The molecule has 0 bridgehead atoms. The molecule has 0 saturated carbocycles. The zero-order valence-corrected chi connectivity index (χ0v) is 14.1. The molecule has 4 aromatic rings. The van der Waals surface area contributed by atoms with Crippen LogP contribution in [0.1, 0.15) is 11.4 Å². The Hall–Kier alpha value is -3.93. The van der Waals surface area contributed by atoms with Gasteiger partial charge in [0.15, 0.2) is 11.5 Å². The largest absolute Gasteiger partial charge is 0.381 e. The summed E-state index contributed by atoms with van der Waals surface area (Å²) in [7, 11) is 1.81. The Bertz CT molecular complexity index is 1240. The van der Waals surface area contributed by atoms with Crippen molar-refractivity contribution in [3.8, 4) is 23.0 Å². The third kappa shape index (κ3) is 2.09. The van der Waals surface area contributed by atoms with Crippen LogP contribution in [0.2, 0.25) is 0 Å². The summed E-state index contributed by atoms with van der Waals surface area (Å²) in [6.45, 7) is 1.84. The molecule has 0 aliphatic heterocycles. The molecular formula is C17H14N8O. The summed E-state index contributed by atoms with van der Waals surface area (Å²) in [4.78, 5) is 13.1. The Morgan fingerprint density at radius 2 is 1.92 bits per heavy atom. The predicted octanol–water partition coefficient (Wildman–Crippen LogP) is 1.04. The highest BCUT2D eigenvalue weighted by Crippen LogP contribution is 2.22. The van der Waals surface area contributed by atoms with Gasteiger partial charge in [-0.25, -0.2) is 4.68 Å². The van der Waals surface area contributed by atoms with E-state index in [4.69, 9.17) is 11.0 Å². The lowest BCUT2D eigenvalue weighted by Crippen LogP contribution is -2.20. The fourth-order valence-corrected chi connectivity index (χ4v) is 2.94. The van der Waals surface area contributed by atoms with Crippen molar-refractivity contribution < 1.29 is 0 Å². The maximum Gasteiger partial charge on any atom is 0.281 e. The number of benzene rings is 1. The van der Waals surface area contributed by atoms with Crippen molar-refractivity contribution in [1.29, 1.82) is 5.26 Å². The van der Waals surface area contributed by atoms with Gasteiger partial charge in [-0.3, -0.25) is 9.48 Å². The summed E-state index contributed by atoms with van der Waals surface area (Å²) in [5, 5.41) is 21.1. The Labute approximate surface area is 147 Å². The van der Waals surface area contributed by atoms with Crippen LogP contribution >= 0.6 is 0 Å². The number of rotatable bonds is 2. The first-order chi connectivity index (χ1) is 12.5. The number of nitrogens with zero attached hydrogens (tertiary/aromatic N) is 7. The molecule has 4 rings (SSSR count). The third-order valence-electron chi connectivity index (χ3n) is 4.33. The lowest BCUT2D eigenvalue weighted by atomic mass is 10.2. The second-order valence-electron chi connectivity index (χ2n) is 5.78.